The molecule has 4 aliphatic carbocycles. The van der Waals surface area contributed by atoms with Crippen LogP contribution < -0.4 is 11.1 Å². The molecule has 0 aromatic carbocycles. The molecule has 4 aliphatic rings. The quantitative estimate of drug-likeness (QED) is 0.836. The third-order valence-electron chi connectivity index (χ3n) is 7.33. The minimum Gasteiger partial charge on any atom is -0.364 e. The minimum absolute atomic E-state index is 0.0931. The molecule has 6 nitrogen and oxygen atoms in total. The van der Waals surface area contributed by atoms with Gasteiger partial charge in [-0.2, -0.15) is 0 Å². The van der Waals surface area contributed by atoms with Crippen molar-refractivity contribution in [1.82, 2.24) is 14.7 Å². The molecular formula is C22H28N4O2. The van der Waals surface area contributed by atoms with Crippen LogP contribution in [0.3, 0.4) is 0 Å². The van der Waals surface area contributed by atoms with E-state index in [2.05, 4.69) is 10.3 Å². The summed E-state index contributed by atoms with van der Waals surface area (Å²) in [5.41, 5.74) is 7.85. The summed E-state index contributed by atoms with van der Waals surface area (Å²) in [5.74, 6) is 1.95. The van der Waals surface area contributed by atoms with Crippen LogP contribution in [0, 0.1) is 23.2 Å². The molecule has 2 aromatic rings. The molecule has 0 radical (unpaired) electrons. The summed E-state index contributed by atoms with van der Waals surface area (Å²) in [6.07, 6.45) is 8.58. The van der Waals surface area contributed by atoms with Gasteiger partial charge >= 0.3 is 0 Å². The second-order valence-electron chi connectivity index (χ2n) is 9.33. The van der Waals surface area contributed by atoms with Gasteiger partial charge in [-0.1, -0.05) is 13.0 Å². The first kappa shape index (κ1) is 17.7. The Morgan fingerprint density at radius 2 is 1.82 bits per heavy atom. The summed E-state index contributed by atoms with van der Waals surface area (Å²) < 4.78 is 1.79. The zero-order valence-electron chi connectivity index (χ0n) is 16.4. The van der Waals surface area contributed by atoms with Gasteiger partial charge in [-0.3, -0.25) is 14.0 Å². The maximum absolute atomic E-state index is 13.1. The number of pyridine rings is 1. The highest BCUT2D eigenvalue weighted by Gasteiger charge is 2.50. The van der Waals surface area contributed by atoms with Crippen molar-refractivity contribution in [2.75, 3.05) is 6.54 Å². The van der Waals surface area contributed by atoms with E-state index in [1.165, 1.54) is 38.5 Å². The lowest BCUT2D eigenvalue weighted by atomic mass is 9.49. The lowest BCUT2D eigenvalue weighted by Crippen LogP contribution is -2.51. The van der Waals surface area contributed by atoms with E-state index in [0.717, 1.165) is 24.3 Å². The average Bonchev–Trinajstić information content (AvgIpc) is 3.04. The Balaban J connectivity index is 1.41. The molecule has 0 atom stereocenters. The third kappa shape index (κ3) is 2.73. The van der Waals surface area contributed by atoms with Crippen molar-refractivity contribution in [2.45, 2.75) is 51.9 Å². The van der Waals surface area contributed by atoms with E-state index in [-0.39, 0.29) is 11.6 Å². The van der Waals surface area contributed by atoms with E-state index < -0.39 is 5.91 Å². The Morgan fingerprint density at radius 1 is 1.18 bits per heavy atom. The van der Waals surface area contributed by atoms with Crippen LogP contribution in [0.1, 0.15) is 72.1 Å². The van der Waals surface area contributed by atoms with E-state index in [1.807, 2.05) is 19.1 Å². The predicted octanol–water partition coefficient (Wildman–Crippen LogP) is 2.94. The molecule has 2 heterocycles. The van der Waals surface area contributed by atoms with Gasteiger partial charge < -0.3 is 11.1 Å². The normalized spacial score (nSPS) is 30.7. The number of nitrogens with zero attached hydrogens (tertiary/aromatic N) is 2. The second-order valence-corrected chi connectivity index (χ2v) is 9.33. The second kappa shape index (κ2) is 6.33. The highest BCUT2D eigenvalue weighted by atomic mass is 16.2. The van der Waals surface area contributed by atoms with Crippen LogP contribution in [0.15, 0.2) is 18.2 Å². The molecule has 2 aromatic heterocycles. The van der Waals surface area contributed by atoms with Crippen molar-refractivity contribution < 1.29 is 9.59 Å². The van der Waals surface area contributed by atoms with Gasteiger partial charge in [-0.15, -0.1) is 0 Å². The fourth-order valence-corrected chi connectivity index (χ4v) is 6.72. The molecule has 0 spiro atoms. The monoisotopic (exact) mass is 380 g/mol. The van der Waals surface area contributed by atoms with Gasteiger partial charge in [0, 0.05) is 6.54 Å². The molecule has 3 N–H and O–H groups in total. The molecule has 2 amide bonds. The molecule has 4 saturated carbocycles. The van der Waals surface area contributed by atoms with Crippen molar-refractivity contribution in [1.29, 1.82) is 0 Å². The Morgan fingerprint density at radius 3 is 2.39 bits per heavy atom. The first-order valence-corrected chi connectivity index (χ1v) is 10.6. The minimum atomic E-state index is -0.555. The third-order valence-corrected chi connectivity index (χ3v) is 7.33. The number of fused-ring (bicyclic) bond motifs is 1. The topological polar surface area (TPSA) is 89.5 Å². The summed E-state index contributed by atoms with van der Waals surface area (Å²) in [6, 6.07) is 5.42. The molecule has 0 aliphatic heterocycles. The molecule has 0 unspecified atom stereocenters. The number of nitrogens with one attached hydrogen (secondary N) is 1. The van der Waals surface area contributed by atoms with Gasteiger partial charge in [0.1, 0.15) is 17.0 Å². The Kier molecular flexibility index (Phi) is 4.00. The van der Waals surface area contributed by atoms with E-state index in [4.69, 9.17) is 5.73 Å². The molecule has 0 saturated heterocycles. The van der Waals surface area contributed by atoms with Crippen LogP contribution in [0.2, 0.25) is 0 Å². The van der Waals surface area contributed by atoms with Crippen LogP contribution in [0.5, 0.6) is 0 Å². The number of aromatic nitrogens is 2. The molecule has 28 heavy (non-hydrogen) atoms. The highest BCUT2D eigenvalue weighted by Crippen LogP contribution is 2.59. The van der Waals surface area contributed by atoms with Crippen LogP contribution in [0.4, 0.5) is 0 Å². The lowest BCUT2D eigenvalue weighted by Gasteiger charge is -2.56. The highest BCUT2D eigenvalue weighted by molar-refractivity contribution is 5.96. The average molecular weight is 380 g/mol. The Labute approximate surface area is 164 Å². The molecule has 4 bridgehead atoms. The molecular weight excluding hydrogens is 352 g/mol. The smallest absolute Gasteiger partial charge is 0.269 e. The molecule has 6 heteroatoms. The van der Waals surface area contributed by atoms with Crippen LogP contribution in [-0.4, -0.2) is 27.7 Å². The number of hydrogen-bond acceptors (Lipinski definition) is 3. The standard InChI is InChI=1S/C22H28N4O2/c1-2-16-19(20(23)27)25-18-5-3-4-17(26(16)18)21(28)24-12-22-9-13-6-14(10-22)8-15(7-13)11-22/h3-5,13-15H,2,6-12H2,1H3,(H2,23,27)(H,24,28). The largest absolute Gasteiger partial charge is 0.364 e. The van der Waals surface area contributed by atoms with E-state index in [9.17, 15) is 9.59 Å². The Hall–Kier alpha value is -2.37. The van der Waals surface area contributed by atoms with Crippen molar-refractivity contribution >= 4 is 17.5 Å². The van der Waals surface area contributed by atoms with Crippen LogP contribution in [-0.2, 0) is 6.42 Å². The summed E-state index contributed by atoms with van der Waals surface area (Å²) in [4.78, 5) is 29.2. The number of nitrogens with two attached hydrogens (primary N) is 1. The number of aryl methyl sites for hydroxylation is 1. The molecule has 6 rings (SSSR count). The maximum Gasteiger partial charge on any atom is 0.269 e. The van der Waals surface area contributed by atoms with E-state index >= 15 is 0 Å². The summed E-state index contributed by atoms with van der Waals surface area (Å²) in [7, 11) is 0. The van der Waals surface area contributed by atoms with Gasteiger partial charge in [-0.05, 0) is 80.2 Å². The fourth-order valence-electron chi connectivity index (χ4n) is 6.72. The first-order valence-electron chi connectivity index (χ1n) is 10.6. The zero-order chi connectivity index (χ0) is 19.5. The van der Waals surface area contributed by atoms with E-state index in [0.29, 0.717) is 28.9 Å². The van der Waals surface area contributed by atoms with Gasteiger partial charge in [0.2, 0.25) is 0 Å². The van der Waals surface area contributed by atoms with Crippen LogP contribution in [0.25, 0.3) is 5.65 Å². The maximum atomic E-state index is 13.1. The van der Waals surface area contributed by atoms with Crippen molar-refractivity contribution in [3.63, 3.8) is 0 Å². The van der Waals surface area contributed by atoms with Crippen molar-refractivity contribution in [2.24, 2.45) is 28.9 Å². The number of imidazole rings is 1. The van der Waals surface area contributed by atoms with Crippen molar-refractivity contribution in [3.8, 4) is 0 Å². The zero-order valence-corrected chi connectivity index (χ0v) is 16.4. The number of amides is 2. The van der Waals surface area contributed by atoms with E-state index in [1.54, 1.807) is 10.5 Å². The predicted molar refractivity (Wildman–Crippen MR) is 106 cm³/mol. The number of carbonyl (C=O) groups is 2. The molecule has 148 valence electrons. The summed E-state index contributed by atoms with van der Waals surface area (Å²) in [6.45, 7) is 2.70. The Bertz CT molecular complexity index is 926. The van der Waals surface area contributed by atoms with Crippen molar-refractivity contribution in [3.05, 3.63) is 35.3 Å². The van der Waals surface area contributed by atoms with Gasteiger partial charge in [-0.25, -0.2) is 4.98 Å². The van der Waals surface area contributed by atoms with Gasteiger partial charge in [0.15, 0.2) is 0 Å². The fraction of sp³-hybridized carbons (Fsp3) is 0.591. The van der Waals surface area contributed by atoms with Gasteiger partial charge in [0.25, 0.3) is 11.8 Å². The first-order chi connectivity index (χ1) is 13.5. The summed E-state index contributed by atoms with van der Waals surface area (Å²) >= 11 is 0. The molecule has 4 fully saturated rings. The lowest BCUT2D eigenvalue weighted by molar-refractivity contribution is -0.0503. The van der Waals surface area contributed by atoms with Gasteiger partial charge in [0.05, 0.1) is 5.69 Å². The summed E-state index contributed by atoms with van der Waals surface area (Å²) in [5, 5.41) is 3.23. The number of rotatable bonds is 5. The number of hydrogen-bond donors (Lipinski definition) is 2. The SMILES string of the molecule is CCc1c(C(N)=O)nc2cccc(C(=O)NCC34CC5CC(CC(C5)C3)C4)n12. The number of primary amides is 1. The number of carbonyl (C=O) groups excluding carboxylic acids is 2. The van der Waals surface area contributed by atoms with Crippen LogP contribution >= 0.6 is 0 Å².